The lowest BCUT2D eigenvalue weighted by atomic mass is 9.99. The zero-order chi connectivity index (χ0) is 26.2. The number of anilines is 2. The maximum Gasteiger partial charge on any atom is 0.322 e. The Kier molecular flexibility index (Phi) is 6.50. The number of ether oxygens (including phenoxy) is 1. The number of nitrogens with zero attached hydrogens (tertiary/aromatic N) is 5. The van der Waals surface area contributed by atoms with Gasteiger partial charge >= 0.3 is 6.03 Å². The number of amides is 4. The number of methoxy groups -OCH3 is 1. The molecule has 2 N–H and O–H groups in total. The molecular weight excluding hydrogens is 486 g/mol. The molecule has 2 aromatic rings. The third-order valence-electron chi connectivity index (χ3n) is 8.36. The topological polar surface area (TPSA) is 120 Å². The molecule has 11 nitrogen and oxygen atoms in total. The molecule has 0 saturated carbocycles. The lowest BCUT2D eigenvalue weighted by Crippen LogP contribution is -2.51. The number of piperidine rings is 2. The number of fused-ring (bicyclic) bond motifs is 2. The van der Waals surface area contributed by atoms with Gasteiger partial charge in [0.2, 0.25) is 5.91 Å². The zero-order valence-electron chi connectivity index (χ0n) is 21.6. The largest absolute Gasteiger partial charge is 0.497 e. The molecule has 200 valence electrons. The average Bonchev–Trinajstić information content (AvgIpc) is 3.28. The lowest BCUT2D eigenvalue weighted by molar-refractivity contribution is -0.123. The number of aromatic nitrogens is 2. The van der Waals surface area contributed by atoms with E-state index in [-0.39, 0.29) is 36.0 Å². The predicted octanol–water partition coefficient (Wildman–Crippen LogP) is 2.04. The summed E-state index contributed by atoms with van der Waals surface area (Å²) in [5, 5.41) is 6.08. The average molecular weight is 520 g/mol. The molecule has 1 aromatic carbocycles. The maximum absolute atomic E-state index is 13.3. The highest BCUT2D eigenvalue weighted by Gasteiger charge is 2.41. The van der Waals surface area contributed by atoms with Gasteiger partial charge in [0.05, 0.1) is 19.2 Å². The fourth-order valence-electron chi connectivity index (χ4n) is 6.28. The quantitative estimate of drug-likeness (QED) is 0.634. The molecule has 0 radical (unpaired) electrons. The highest BCUT2D eigenvalue weighted by molar-refractivity contribution is 5.94. The number of likely N-dealkylation sites (tertiary alicyclic amines) is 1. The summed E-state index contributed by atoms with van der Waals surface area (Å²) in [4.78, 5) is 52.8. The Bertz CT molecular complexity index is 1250. The van der Waals surface area contributed by atoms with E-state index < -0.39 is 0 Å². The molecule has 2 atom stereocenters. The first kappa shape index (κ1) is 24.4. The smallest absolute Gasteiger partial charge is 0.322 e. The normalized spacial score (nSPS) is 23.8. The molecule has 4 amide bonds. The summed E-state index contributed by atoms with van der Waals surface area (Å²) in [6.07, 6.45) is 5.77. The minimum Gasteiger partial charge on any atom is -0.497 e. The van der Waals surface area contributed by atoms with Crippen molar-refractivity contribution in [1.29, 1.82) is 0 Å². The Morgan fingerprint density at radius 2 is 1.84 bits per heavy atom. The lowest BCUT2D eigenvalue weighted by Gasteiger charge is -2.38. The Balaban J connectivity index is 1.08. The van der Waals surface area contributed by atoms with Crippen LogP contribution in [0.3, 0.4) is 0 Å². The molecule has 3 saturated heterocycles. The maximum atomic E-state index is 13.3. The Morgan fingerprint density at radius 3 is 2.66 bits per heavy atom. The monoisotopic (exact) mass is 519 g/mol. The standard InChI is InChI=1S/C27H33N7O4/c1-38-19-2-3-20-17(14-19)6-12-33(27(37)31-20)18-7-10-32(11-8-18)24-15-22(28-16-29-24)26(36)34-13-9-21-23(34)4-5-25(35)30-21/h2-3,14-16,18,21,23H,4-13H2,1H3,(H,30,35)(H,31,37). The van der Waals surface area contributed by atoms with Crippen molar-refractivity contribution in [2.24, 2.45) is 0 Å². The molecule has 5 heterocycles. The number of carbonyl (C=O) groups is 3. The first-order chi connectivity index (χ1) is 18.5. The minimum atomic E-state index is -0.107. The fraction of sp³-hybridized carbons (Fsp3) is 0.519. The van der Waals surface area contributed by atoms with E-state index in [1.54, 1.807) is 13.2 Å². The number of carbonyl (C=O) groups excluding carboxylic acids is 3. The second-order valence-electron chi connectivity index (χ2n) is 10.4. The molecule has 11 heteroatoms. The van der Waals surface area contributed by atoms with Gasteiger partial charge in [-0.2, -0.15) is 0 Å². The molecule has 4 aliphatic rings. The third kappa shape index (κ3) is 4.61. The molecular formula is C27H33N7O4. The SMILES string of the molecule is COc1ccc2c(c1)CCN(C1CCN(c3cc(C(=O)N4CCC5NC(=O)CCC54)ncn3)CC1)C(=O)N2. The van der Waals surface area contributed by atoms with Crippen LogP contribution in [0.4, 0.5) is 16.3 Å². The van der Waals surface area contributed by atoms with Crippen molar-refractivity contribution in [3.8, 4) is 5.75 Å². The van der Waals surface area contributed by atoms with Crippen molar-refractivity contribution in [2.45, 2.75) is 56.7 Å². The van der Waals surface area contributed by atoms with E-state index in [0.29, 0.717) is 31.6 Å². The van der Waals surface area contributed by atoms with Crippen LogP contribution >= 0.6 is 0 Å². The predicted molar refractivity (Wildman–Crippen MR) is 140 cm³/mol. The van der Waals surface area contributed by atoms with Crippen LogP contribution in [-0.2, 0) is 11.2 Å². The van der Waals surface area contributed by atoms with E-state index in [1.165, 1.54) is 6.33 Å². The van der Waals surface area contributed by atoms with Gasteiger partial charge in [-0.05, 0) is 55.9 Å². The van der Waals surface area contributed by atoms with Crippen LogP contribution in [0.25, 0.3) is 0 Å². The van der Waals surface area contributed by atoms with Gasteiger partial charge in [-0.1, -0.05) is 0 Å². The van der Waals surface area contributed by atoms with Crippen LogP contribution in [-0.4, -0.2) is 89.0 Å². The van der Waals surface area contributed by atoms with Crippen molar-refractivity contribution < 1.29 is 19.1 Å². The molecule has 0 bridgehead atoms. The van der Waals surface area contributed by atoms with Crippen molar-refractivity contribution in [3.63, 3.8) is 0 Å². The highest BCUT2D eigenvalue weighted by atomic mass is 16.5. The van der Waals surface area contributed by atoms with E-state index >= 15 is 0 Å². The van der Waals surface area contributed by atoms with Gasteiger partial charge in [0.1, 0.15) is 23.6 Å². The second-order valence-corrected chi connectivity index (χ2v) is 10.4. The Morgan fingerprint density at radius 1 is 1.00 bits per heavy atom. The van der Waals surface area contributed by atoms with Crippen molar-refractivity contribution in [1.82, 2.24) is 25.1 Å². The van der Waals surface area contributed by atoms with Gasteiger partial charge in [0, 0.05) is 50.4 Å². The van der Waals surface area contributed by atoms with Gasteiger partial charge in [-0.3, -0.25) is 9.59 Å². The molecule has 4 aliphatic heterocycles. The number of hydrogen-bond acceptors (Lipinski definition) is 7. The molecule has 2 unspecified atom stereocenters. The Labute approximate surface area is 221 Å². The molecule has 6 rings (SSSR count). The van der Waals surface area contributed by atoms with Crippen LogP contribution in [0.5, 0.6) is 5.75 Å². The fourth-order valence-corrected chi connectivity index (χ4v) is 6.28. The van der Waals surface area contributed by atoms with E-state index in [0.717, 1.165) is 61.6 Å². The summed E-state index contributed by atoms with van der Waals surface area (Å²) in [5.41, 5.74) is 2.30. The van der Waals surface area contributed by atoms with Gasteiger partial charge in [0.15, 0.2) is 0 Å². The van der Waals surface area contributed by atoms with Crippen molar-refractivity contribution in [2.75, 3.05) is 43.5 Å². The van der Waals surface area contributed by atoms with Gasteiger partial charge in [-0.25, -0.2) is 14.8 Å². The van der Waals surface area contributed by atoms with E-state index in [9.17, 15) is 14.4 Å². The van der Waals surface area contributed by atoms with Crippen LogP contribution in [0.2, 0.25) is 0 Å². The summed E-state index contributed by atoms with van der Waals surface area (Å²) in [5.74, 6) is 1.48. The molecule has 1 aromatic heterocycles. The van der Waals surface area contributed by atoms with Gasteiger partial charge in [-0.15, -0.1) is 0 Å². The van der Waals surface area contributed by atoms with Crippen LogP contribution in [0.1, 0.15) is 48.2 Å². The van der Waals surface area contributed by atoms with Crippen LogP contribution in [0.15, 0.2) is 30.6 Å². The van der Waals surface area contributed by atoms with Crippen LogP contribution < -0.4 is 20.3 Å². The second kappa shape index (κ2) is 10.1. The number of urea groups is 1. The first-order valence-electron chi connectivity index (χ1n) is 13.4. The first-order valence-corrected chi connectivity index (χ1v) is 13.4. The number of rotatable bonds is 4. The van der Waals surface area contributed by atoms with Crippen LogP contribution in [0, 0.1) is 0 Å². The molecule has 38 heavy (non-hydrogen) atoms. The van der Waals surface area contributed by atoms with E-state index in [2.05, 4.69) is 25.5 Å². The van der Waals surface area contributed by atoms with E-state index in [4.69, 9.17) is 4.74 Å². The van der Waals surface area contributed by atoms with Gasteiger partial charge < -0.3 is 30.1 Å². The number of nitrogens with one attached hydrogen (secondary N) is 2. The highest BCUT2D eigenvalue weighted by Crippen LogP contribution is 2.30. The van der Waals surface area contributed by atoms with Crippen molar-refractivity contribution >= 4 is 29.4 Å². The summed E-state index contributed by atoms with van der Waals surface area (Å²) in [6.45, 7) is 2.75. The Hall–Kier alpha value is -3.89. The summed E-state index contributed by atoms with van der Waals surface area (Å²) >= 11 is 0. The summed E-state index contributed by atoms with van der Waals surface area (Å²) in [7, 11) is 1.65. The van der Waals surface area contributed by atoms with Gasteiger partial charge in [0.25, 0.3) is 5.91 Å². The number of benzene rings is 1. The summed E-state index contributed by atoms with van der Waals surface area (Å²) in [6, 6.07) is 7.66. The van der Waals surface area contributed by atoms with Crippen molar-refractivity contribution in [3.05, 3.63) is 41.9 Å². The molecule has 0 aliphatic carbocycles. The van der Waals surface area contributed by atoms with E-state index in [1.807, 2.05) is 28.0 Å². The third-order valence-corrected chi connectivity index (χ3v) is 8.36. The molecule has 0 spiro atoms. The number of hydrogen-bond donors (Lipinski definition) is 2. The molecule has 3 fully saturated rings. The minimum absolute atomic E-state index is 0.0290. The zero-order valence-corrected chi connectivity index (χ0v) is 21.6. The summed E-state index contributed by atoms with van der Waals surface area (Å²) < 4.78 is 5.34.